The summed E-state index contributed by atoms with van der Waals surface area (Å²) in [4.78, 5) is 16.1. The van der Waals surface area contributed by atoms with Crippen LogP contribution in [-0.4, -0.2) is 62.0 Å². The second-order valence-corrected chi connectivity index (χ2v) is 5.18. The molecule has 2 rings (SSSR count). The minimum atomic E-state index is 0. The van der Waals surface area contributed by atoms with Crippen molar-refractivity contribution >= 4 is 18.3 Å². The number of rotatable bonds is 5. The van der Waals surface area contributed by atoms with Crippen molar-refractivity contribution < 1.29 is 4.79 Å². The van der Waals surface area contributed by atoms with E-state index in [1.54, 1.807) is 0 Å². The van der Waals surface area contributed by atoms with Gasteiger partial charge in [0.1, 0.15) is 0 Å². The van der Waals surface area contributed by atoms with Crippen LogP contribution < -0.4 is 5.32 Å². The molecule has 1 aliphatic carbocycles. The van der Waals surface area contributed by atoms with E-state index in [4.69, 9.17) is 0 Å². The molecule has 1 atom stereocenters. The molecule has 5 heteroatoms. The molecule has 0 aromatic heterocycles. The number of hydrogen-bond donors (Lipinski definition) is 1. The zero-order valence-electron chi connectivity index (χ0n) is 10.8. The third-order valence-electron chi connectivity index (χ3n) is 3.71. The molecule has 1 heterocycles. The van der Waals surface area contributed by atoms with Gasteiger partial charge in [0.15, 0.2) is 0 Å². The Bertz CT molecular complexity index is 258. The molecule has 0 spiro atoms. The molecule has 1 unspecified atom stereocenters. The summed E-state index contributed by atoms with van der Waals surface area (Å²) in [6.07, 6.45) is 3.62. The van der Waals surface area contributed by atoms with Crippen molar-refractivity contribution in [1.82, 2.24) is 15.1 Å². The number of hydrogen-bond acceptors (Lipinski definition) is 3. The van der Waals surface area contributed by atoms with E-state index in [0.717, 1.165) is 25.6 Å². The van der Waals surface area contributed by atoms with Crippen molar-refractivity contribution in [1.29, 1.82) is 0 Å². The fourth-order valence-electron chi connectivity index (χ4n) is 2.48. The Balaban J connectivity index is 0.00000144. The predicted octanol–water partition coefficient (Wildman–Crippen LogP) is 0.570. The normalized spacial score (nSPS) is 24.5. The third kappa shape index (κ3) is 4.12. The van der Waals surface area contributed by atoms with Gasteiger partial charge in [0, 0.05) is 19.6 Å². The lowest BCUT2D eigenvalue weighted by molar-refractivity contribution is -0.131. The van der Waals surface area contributed by atoms with Gasteiger partial charge in [0.25, 0.3) is 0 Å². The van der Waals surface area contributed by atoms with Gasteiger partial charge < -0.3 is 10.2 Å². The highest BCUT2D eigenvalue weighted by atomic mass is 35.5. The molecule has 1 amide bonds. The van der Waals surface area contributed by atoms with Gasteiger partial charge >= 0.3 is 0 Å². The van der Waals surface area contributed by atoms with Crippen molar-refractivity contribution in [3.05, 3.63) is 0 Å². The van der Waals surface area contributed by atoms with E-state index in [9.17, 15) is 4.79 Å². The lowest BCUT2D eigenvalue weighted by Crippen LogP contribution is -2.38. The molecule has 1 N–H and O–H groups in total. The van der Waals surface area contributed by atoms with Crippen LogP contribution in [0.15, 0.2) is 0 Å². The summed E-state index contributed by atoms with van der Waals surface area (Å²) in [5.74, 6) is 1.02. The minimum absolute atomic E-state index is 0. The largest absolute Gasteiger partial charge is 0.342 e. The Morgan fingerprint density at radius 1 is 1.41 bits per heavy atom. The van der Waals surface area contributed by atoms with E-state index in [1.165, 1.54) is 19.3 Å². The Morgan fingerprint density at radius 3 is 2.71 bits per heavy atom. The van der Waals surface area contributed by atoms with Crippen LogP contribution >= 0.6 is 12.4 Å². The highest BCUT2D eigenvalue weighted by Gasteiger charge is 2.31. The zero-order valence-corrected chi connectivity index (χ0v) is 11.6. The fraction of sp³-hybridized carbons (Fsp3) is 0.917. The standard InChI is InChI=1S/C12H23N3O.ClH/c1-13-7-10-5-6-15(8-10)9-12(16)14(2)11-3-4-11;/h10-11,13H,3-9H2,1-2H3;1H. The number of carbonyl (C=O) groups excluding carboxylic acids is 1. The smallest absolute Gasteiger partial charge is 0.236 e. The first-order valence-corrected chi connectivity index (χ1v) is 6.33. The number of likely N-dealkylation sites (tertiary alicyclic amines) is 1. The molecule has 100 valence electrons. The van der Waals surface area contributed by atoms with E-state index in [0.29, 0.717) is 18.5 Å². The topological polar surface area (TPSA) is 35.6 Å². The first-order valence-electron chi connectivity index (χ1n) is 6.33. The monoisotopic (exact) mass is 261 g/mol. The van der Waals surface area contributed by atoms with Crippen molar-refractivity contribution in [2.75, 3.05) is 40.3 Å². The molecule has 0 radical (unpaired) electrons. The molecule has 2 fully saturated rings. The van der Waals surface area contributed by atoms with Crippen LogP contribution in [0.4, 0.5) is 0 Å². The molecule has 0 aromatic rings. The summed E-state index contributed by atoms with van der Waals surface area (Å²) in [5.41, 5.74) is 0. The maximum atomic E-state index is 11.9. The predicted molar refractivity (Wildman–Crippen MR) is 71.5 cm³/mol. The van der Waals surface area contributed by atoms with Crippen LogP contribution in [0.1, 0.15) is 19.3 Å². The van der Waals surface area contributed by atoms with Gasteiger partial charge in [-0.25, -0.2) is 0 Å². The van der Waals surface area contributed by atoms with Crippen LogP contribution in [0.2, 0.25) is 0 Å². The van der Waals surface area contributed by atoms with E-state index in [-0.39, 0.29) is 12.4 Å². The number of amides is 1. The lowest BCUT2D eigenvalue weighted by atomic mass is 10.1. The Morgan fingerprint density at radius 2 is 2.12 bits per heavy atom. The average Bonchev–Trinajstić information content (AvgIpc) is 3.02. The van der Waals surface area contributed by atoms with E-state index >= 15 is 0 Å². The van der Waals surface area contributed by atoms with Gasteiger partial charge in [-0.15, -0.1) is 12.4 Å². The van der Waals surface area contributed by atoms with E-state index in [1.807, 2.05) is 19.0 Å². The molecular weight excluding hydrogens is 238 g/mol. The van der Waals surface area contributed by atoms with Crippen LogP contribution in [0.5, 0.6) is 0 Å². The number of carbonyl (C=O) groups is 1. The number of likely N-dealkylation sites (N-methyl/N-ethyl adjacent to an activating group) is 1. The van der Waals surface area contributed by atoms with Gasteiger partial charge in [-0.2, -0.15) is 0 Å². The number of halogens is 1. The Hall–Kier alpha value is -0.320. The molecular formula is C12H24ClN3O. The molecule has 17 heavy (non-hydrogen) atoms. The average molecular weight is 262 g/mol. The summed E-state index contributed by atoms with van der Waals surface area (Å²) < 4.78 is 0. The third-order valence-corrected chi connectivity index (χ3v) is 3.71. The van der Waals surface area contributed by atoms with Gasteiger partial charge in [-0.3, -0.25) is 9.69 Å². The molecule has 0 aromatic carbocycles. The highest BCUT2D eigenvalue weighted by molar-refractivity contribution is 5.85. The lowest BCUT2D eigenvalue weighted by Gasteiger charge is -2.21. The Kier molecular flexibility index (Phi) is 5.70. The summed E-state index contributed by atoms with van der Waals surface area (Å²) >= 11 is 0. The van der Waals surface area contributed by atoms with Crippen LogP contribution in [-0.2, 0) is 4.79 Å². The van der Waals surface area contributed by atoms with Crippen molar-refractivity contribution in [3.63, 3.8) is 0 Å². The second-order valence-electron chi connectivity index (χ2n) is 5.18. The van der Waals surface area contributed by atoms with E-state index in [2.05, 4.69) is 10.2 Å². The maximum absolute atomic E-state index is 11.9. The molecule has 4 nitrogen and oxygen atoms in total. The van der Waals surface area contributed by atoms with E-state index < -0.39 is 0 Å². The highest BCUT2D eigenvalue weighted by Crippen LogP contribution is 2.25. The summed E-state index contributed by atoms with van der Waals surface area (Å²) in [7, 11) is 3.94. The van der Waals surface area contributed by atoms with Gasteiger partial charge in [-0.1, -0.05) is 0 Å². The summed E-state index contributed by atoms with van der Waals surface area (Å²) in [5, 5.41) is 3.21. The zero-order chi connectivity index (χ0) is 11.5. The number of nitrogens with zero attached hydrogens (tertiary/aromatic N) is 2. The molecule has 2 aliphatic rings. The minimum Gasteiger partial charge on any atom is -0.342 e. The SMILES string of the molecule is CNCC1CCN(CC(=O)N(C)C2CC2)C1.Cl. The van der Waals surface area contributed by atoms with Crippen molar-refractivity contribution in [2.24, 2.45) is 5.92 Å². The van der Waals surface area contributed by atoms with Crippen molar-refractivity contribution in [3.8, 4) is 0 Å². The first-order chi connectivity index (χ1) is 7.70. The van der Waals surface area contributed by atoms with Crippen LogP contribution in [0, 0.1) is 5.92 Å². The van der Waals surface area contributed by atoms with Gasteiger partial charge in [-0.05, 0) is 45.3 Å². The second kappa shape index (κ2) is 6.57. The maximum Gasteiger partial charge on any atom is 0.236 e. The quantitative estimate of drug-likeness (QED) is 0.786. The molecule has 0 bridgehead atoms. The molecule has 1 saturated carbocycles. The van der Waals surface area contributed by atoms with Crippen molar-refractivity contribution in [2.45, 2.75) is 25.3 Å². The number of nitrogens with one attached hydrogen (secondary N) is 1. The molecule has 1 saturated heterocycles. The first kappa shape index (κ1) is 14.7. The van der Waals surface area contributed by atoms with Crippen LogP contribution in [0.3, 0.4) is 0 Å². The molecule has 1 aliphatic heterocycles. The summed E-state index contributed by atoms with van der Waals surface area (Å²) in [6.45, 7) is 3.85. The Labute approximate surface area is 110 Å². The van der Waals surface area contributed by atoms with Gasteiger partial charge in [0.05, 0.1) is 6.54 Å². The van der Waals surface area contributed by atoms with Crippen LogP contribution in [0.25, 0.3) is 0 Å². The fourth-order valence-corrected chi connectivity index (χ4v) is 2.48. The van der Waals surface area contributed by atoms with Gasteiger partial charge in [0.2, 0.25) is 5.91 Å². The summed E-state index contributed by atoms with van der Waals surface area (Å²) in [6, 6.07) is 0.545.